The summed E-state index contributed by atoms with van der Waals surface area (Å²) in [6.45, 7) is 2.11. The van der Waals surface area contributed by atoms with Crippen molar-refractivity contribution >= 4 is 11.6 Å². The fourth-order valence-electron chi connectivity index (χ4n) is 1.74. The molecule has 0 saturated heterocycles. The molecule has 0 fully saturated rings. The van der Waals surface area contributed by atoms with Gasteiger partial charge in [-0.05, 0) is 31.2 Å². The summed E-state index contributed by atoms with van der Waals surface area (Å²) in [5.74, 6) is -0.247. The Kier molecular flexibility index (Phi) is 4.52. The largest absolute Gasteiger partial charge is 0.370 e. The number of guanidine groups is 1. The highest BCUT2D eigenvalue weighted by Gasteiger charge is 2.03. The third-order valence-electron chi connectivity index (χ3n) is 2.93. The normalized spacial score (nSPS) is 11.0. The molecule has 4 nitrogen and oxygen atoms in total. The van der Waals surface area contributed by atoms with Crippen molar-refractivity contribution in [3.63, 3.8) is 0 Å². The van der Waals surface area contributed by atoms with E-state index in [2.05, 4.69) is 10.3 Å². The van der Waals surface area contributed by atoms with E-state index in [0.717, 1.165) is 11.3 Å². The van der Waals surface area contributed by atoms with Gasteiger partial charge in [-0.2, -0.15) is 5.26 Å². The van der Waals surface area contributed by atoms with Gasteiger partial charge in [0.1, 0.15) is 5.82 Å². The first-order valence-electron chi connectivity index (χ1n) is 6.40. The van der Waals surface area contributed by atoms with Crippen molar-refractivity contribution in [3.8, 4) is 6.07 Å². The molecule has 3 N–H and O–H groups in total. The maximum absolute atomic E-state index is 13.7. The SMILES string of the molecule is Cc1ccc(NC(N)=NCc2ccc(C#N)cc2F)cc1. The maximum Gasteiger partial charge on any atom is 0.193 e. The first-order valence-corrected chi connectivity index (χ1v) is 6.40. The summed E-state index contributed by atoms with van der Waals surface area (Å²) in [6, 6.07) is 13.9. The van der Waals surface area contributed by atoms with Crippen LogP contribution in [0.25, 0.3) is 0 Å². The van der Waals surface area contributed by atoms with Gasteiger partial charge < -0.3 is 11.1 Å². The van der Waals surface area contributed by atoms with E-state index in [0.29, 0.717) is 5.56 Å². The molecule has 0 aliphatic heterocycles. The average Bonchev–Trinajstić information content (AvgIpc) is 2.48. The predicted octanol–water partition coefficient (Wildman–Crippen LogP) is 2.93. The molecule has 0 heterocycles. The molecule has 2 aromatic carbocycles. The lowest BCUT2D eigenvalue weighted by Gasteiger charge is -2.06. The highest BCUT2D eigenvalue weighted by atomic mass is 19.1. The number of nitrogens with two attached hydrogens (primary N) is 1. The third-order valence-corrected chi connectivity index (χ3v) is 2.93. The van der Waals surface area contributed by atoms with Crippen LogP contribution in [0.1, 0.15) is 16.7 Å². The van der Waals surface area contributed by atoms with Gasteiger partial charge in [-0.25, -0.2) is 9.38 Å². The van der Waals surface area contributed by atoms with Crippen LogP contribution in [0.3, 0.4) is 0 Å². The number of nitrogens with one attached hydrogen (secondary N) is 1. The van der Waals surface area contributed by atoms with Crippen molar-refractivity contribution in [3.05, 3.63) is 65.0 Å². The van der Waals surface area contributed by atoms with Crippen LogP contribution in [0.2, 0.25) is 0 Å². The number of hydrogen-bond donors (Lipinski definition) is 2. The molecule has 21 heavy (non-hydrogen) atoms. The molecule has 0 bridgehead atoms. The van der Waals surface area contributed by atoms with Gasteiger partial charge in [0.25, 0.3) is 0 Å². The monoisotopic (exact) mass is 282 g/mol. The molecule has 0 aromatic heterocycles. The third kappa shape index (κ3) is 4.05. The molecule has 2 rings (SSSR count). The Morgan fingerprint density at radius 3 is 2.62 bits per heavy atom. The molecule has 0 unspecified atom stereocenters. The van der Waals surface area contributed by atoms with Gasteiger partial charge in [0.15, 0.2) is 5.96 Å². The van der Waals surface area contributed by atoms with Crippen molar-refractivity contribution in [2.75, 3.05) is 5.32 Å². The van der Waals surface area contributed by atoms with Crippen molar-refractivity contribution in [2.24, 2.45) is 10.7 Å². The number of aliphatic imine (C=N–C) groups is 1. The molecule has 0 atom stereocenters. The smallest absolute Gasteiger partial charge is 0.193 e. The number of benzene rings is 2. The van der Waals surface area contributed by atoms with Crippen LogP contribution < -0.4 is 11.1 Å². The van der Waals surface area contributed by atoms with Crippen molar-refractivity contribution < 1.29 is 4.39 Å². The molecule has 0 aliphatic rings. The molecule has 0 radical (unpaired) electrons. The average molecular weight is 282 g/mol. The van der Waals surface area contributed by atoms with E-state index in [1.54, 1.807) is 6.07 Å². The van der Waals surface area contributed by atoms with Crippen LogP contribution >= 0.6 is 0 Å². The highest BCUT2D eigenvalue weighted by molar-refractivity contribution is 5.92. The number of nitrogens with zero attached hydrogens (tertiary/aromatic N) is 2. The molecule has 0 saturated carbocycles. The zero-order valence-electron chi connectivity index (χ0n) is 11.6. The lowest BCUT2D eigenvalue weighted by Crippen LogP contribution is -2.22. The first-order chi connectivity index (χ1) is 10.1. The lowest BCUT2D eigenvalue weighted by atomic mass is 10.1. The molecule has 106 valence electrons. The summed E-state index contributed by atoms with van der Waals surface area (Å²) >= 11 is 0. The molecule has 2 aromatic rings. The minimum Gasteiger partial charge on any atom is -0.370 e. The Morgan fingerprint density at radius 2 is 2.00 bits per heavy atom. The van der Waals surface area contributed by atoms with Gasteiger partial charge in [-0.15, -0.1) is 0 Å². The molecule has 0 amide bonds. The number of aryl methyl sites for hydroxylation is 1. The number of hydrogen-bond acceptors (Lipinski definition) is 2. The highest BCUT2D eigenvalue weighted by Crippen LogP contribution is 2.12. The Labute approximate surface area is 122 Å². The quantitative estimate of drug-likeness (QED) is 0.671. The minimum absolute atomic E-state index is 0.113. The van der Waals surface area contributed by atoms with E-state index < -0.39 is 5.82 Å². The summed E-state index contributed by atoms with van der Waals surface area (Å²) in [5, 5.41) is 11.6. The van der Waals surface area contributed by atoms with Gasteiger partial charge in [-0.1, -0.05) is 23.8 Å². The Hall–Kier alpha value is -2.87. The Balaban J connectivity index is 2.03. The zero-order chi connectivity index (χ0) is 15.2. The summed E-state index contributed by atoms with van der Waals surface area (Å²) in [5.41, 5.74) is 8.41. The summed E-state index contributed by atoms with van der Waals surface area (Å²) in [7, 11) is 0. The van der Waals surface area contributed by atoms with E-state index in [-0.39, 0.29) is 18.1 Å². The maximum atomic E-state index is 13.7. The van der Waals surface area contributed by atoms with Gasteiger partial charge in [0, 0.05) is 11.3 Å². The van der Waals surface area contributed by atoms with E-state index in [1.165, 1.54) is 12.1 Å². The van der Waals surface area contributed by atoms with Crippen molar-refractivity contribution in [1.29, 1.82) is 5.26 Å². The number of anilines is 1. The molecule has 5 heteroatoms. The van der Waals surface area contributed by atoms with Gasteiger partial charge >= 0.3 is 0 Å². The van der Waals surface area contributed by atoms with Crippen molar-refractivity contribution in [1.82, 2.24) is 0 Å². The van der Waals surface area contributed by atoms with Gasteiger partial charge in [-0.3, -0.25) is 0 Å². The van der Waals surface area contributed by atoms with Crippen LogP contribution in [-0.4, -0.2) is 5.96 Å². The topological polar surface area (TPSA) is 74.2 Å². The Bertz CT molecular complexity index is 699. The molecule has 0 aliphatic carbocycles. The zero-order valence-corrected chi connectivity index (χ0v) is 11.6. The molecular formula is C16H15FN4. The minimum atomic E-state index is -0.457. The second kappa shape index (κ2) is 6.53. The second-order valence-electron chi connectivity index (χ2n) is 4.61. The van der Waals surface area contributed by atoms with Gasteiger partial charge in [0.2, 0.25) is 0 Å². The fourth-order valence-corrected chi connectivity index (χ4v) is 1.74. The van der Waals surface area contributed by atoms with E-state index in [4.69, 9.17) is 11.0 Å². The van der Waals surface area contributed by atoms with Crippen LogP contribution in [0.5, 0.6) is 0 Å². The lowest BCUT2D eigenvalue weighted by molar-refractivity contribution is 0.610. The fraction of sp³-hybridized carbons (Fsp3) is 0.125. The predicted molar refractivity (Wildman–Crippen MR) is 81.2 cm³/mol. The summed E-state index contributed by atoms with van der Waals surface area (Å²) in [6.07, 6.45) is 0. The summed E-state index contributed by atoms with van der Waals surface area (Å²) in [4.78, 5) is 4.09. The molecule has 0 spiro atoms. The first kappa shape index (κ1) is 14.5. The van der Waals surface area contributed by atoms with E-state index in [9.17, 15) is 4.39 Å². The van der Waals surface area contributed by atoms with Crippen LogP contribution in [0.4, 0.5) is 10.1 Å². The Morgan fingerprint density at radius 1 is 1.29 bits per heavy atom. The van der Waals surface area contributed by atoms with Crippen LogP contribution in [0.15, 0.2) is 47.5 Å². The van der Waals surface area contributed by atoms with Crippen LogP contribution in [-0.2, 0) is 6.54 Å². The second-order valence-corrected chi connectivity index (χ2v) is 4.61. The van der Waals surface area contributed by atoms with Crippen molar-refractivity contribution in [2.45, 2.75) is 13.5 Å². The molecular weight excluding hydrogens is 267 g/mol. The number of nitriles is 1. The number of rotatable bonds is 3. The van der Waals surface area contributed by atoms with Crippen LogP contribution in [0, 0.1) is 24.1 Å². The van der Waals surface area contributed by atoms with Gasteiger partial charge in [0.05, 0.1) is 18.2 Å². The number of halogens is 1. The standard InChI is InChI=1S/C16H15FN4/c1-11-2-6-14(7-3-11)21-16(19)20-10-13-5-4-12(9-18)8-15(13)17/h2-8H,10H2,1H3,(H3,19,20,21). The van der Waals surface area contributed by atoms with E-state index >= 15 is 0 Å². The van der Waals surface area contributed by atoms with E-state index in [1.807, 2.05) is 37.3 Å². The summed E-state index contributed by atoms with van der Waals surface area (Å²) < 4.78 is 13.7.